The van der Waals surface area contributed by atoms with Crippen molar-refractivity contribution in [1.29, 1.82) is 0 Å². The molecule has 0 saturated carbocycles. The first-order valence-corrected chi connectivity index (χ1v) is 7.01. The van der Waals surface area contributed by atoms with Gasteiger partial charge in [-0.05, 0) is 23.8 Å². The molecule has 0 atom stereocenters. The van der Waals surface area contributed by atoms with Gasteiger partial charge in [0.05, 0.1) is 21.1 Å². The van der Waals surface area contributed by atoms with Crippen LogP contribution in [0.5, 0.6) is 0 Å². The minimum absolute atomic E-state index is 0.206. The second kappa shape index (κ2) is 5.72. The fourth-order valence-corrected chi connectivity index (χ4v) is 2.26. The maximum absolute atomic E-state index is 12.1. The van der Waals surface area contributed by atoms with E-state index in [1.54, 1.807) is 18.2 Å². The molecule has 0 aliphatic rings. The molecule has 3 nitrogen and oxygen atoms in total. The lowest BCUT2D eigenvalue weighted by molar-refractivity contribution is 0.103. The Morgan fingerprint density at radius 2 is 1.81 bits per heavy atom. The van der Waals surface area contributed by atoms with Gasteiger partial charge in [-0.3, -0.25) is 4.79 Å². The number of fused-ring (bicyclic) bond motifs is 1. The Bertz CT molecular complexity index is 799. The zero-order chi connectivity index (χ0) is 14.8. The summed E-state index contributed by atoms with van der Waals surface area (Å²) >= 11 is 11.9. The molecule has 0 spiro atoms. The van der Waals surface area contributed by atoms with Gasteiger partial charge in [-0.15, -0.1) is 0 Å². The van der Waals surface area contributed by atoms with E-state index in [0.717, 1.165) is 5.56 Å². The highest BCUT2D eigenvalue weighted by Crippen LogP contribution is 2.26. The summed E-state index contributed by atoms with van der Waals surface area (Å²) in [4.78, 5) is 19.3. The van der Waals surface area contributed by atoms with E-state index < -0.39 is 0 Å². The third-order valence-electron chi connectivity index (χ3n) is 2.98. The third kappa shape index (κ3) is 2.99. The van der Waals surface area contributed by atoms with Crippen LogP contribution < -0.4 is 0 Å². The molecule has 1 N–H and O–H groups in total. The average molecular weight is 317 g/mol. The number of aromatic nitrogens is 2. The summed E-state index contributed by atoms with van der Waals surface area (Å²) in [5.74, 6) is 0.0535. The number of H-pyrrole nitrogens is 1. The Hall–Kier alpha value is -2.10. The number of nitrogens with one attached hydrogen (secondary N) is 1. The van der Waals surface area contributed by atoms with E-state index in [-0.39, 0.29) is 11.6 Å². The van der Waals surface area contributed by atoms with Crippen LogP contribution in [0.25, 0.3) is 17.1 Å². The van der Waals surface area contributed by atoms with Crippen LogP contribution in [-0.2, 0) is 0 Å². The van der Waals surface area contributed by atoms with Crippen LogP contribution in [-0.4, -0.2) is 15.8 Å². The summed E-state index contributed by atoms with van der Waals surface area (Å²) in [6.45, 7) is 0. The van der Waals surface area contributed by atoms with Crippen molar-refractivity contribution in [3.8, 4) is 0 Å². The van der Waals surface area contributed by atoms with E-state index in [9.17, 15) is 4.79 Å². The molecule has 1 heterocycles. The van der Waals surface area contributed by atoms with Gasteiger partial charge in [0.1, 0.15) is 0 Å². The molecule has 0 radical (unpaired) electrons. The second-order valence-corrected chi connectivity index (χ2v) is 5.29. The Morgan fingerprint density at radius 3 is 2.57 bits per heavy atom. The van der Waals surface area contributed by atoms with E-state index in [2.05, 4.69) is 9.97 Å². The van der Waals surface area contributed by atoms with Gasteiger partial charge in [-0.2, -0.15) is 0 Å². The molecule has 0 fully saturated rings. The molecule has 0 amide bonds. The number of ketones is 1. The van der Waals surface area contributed by atoms with Crippen molar-refractivity contribution in [2.45, 2.75) is 0 Å². The van der Waals surface area contributed by atoms with Crippen LogP contribution in [0, 0.1) is 0 Å². The topological polar surface area (TPSA) is 45.8 Å². The van der Waals surface area contributed by atoms with Gasteiger partial charge in [0.15, 0.2) is 5.82 Å². The van der Waals surface area contributed by atoms with Crippen molar-refractivity contribution >= 4 is 46.1 Å². The third-order valence-corrected chi connectivity index (χ3v) is 3.71. The number of aromatic amines is 1. The van der Waals surface area contributed by atoms with Crippen molar-refractivity contribution in [1.82, 2.24) is 9.97 Å². The molecular formula is C16H10Cl2N2O. The van der Waals surface area contributed by atoms with Gasteiger partial charge in [0, 0.05) is 0 Å². The lowest BCUT2D eigenvalue weighted by Gasteiger charge is -1.93. The number of carbonyl (C=O) groups excluding carboxylic acids is 1. The first kappa shape index (κ1) is 13.9. The number of halogens is 2. The second-order valence-electron chi connectivity index (χ2n) is 4.48. The van der Waals surface area contributed by atoms with Crippen LogP contribution in [0.2, 0.25) is 10.0 Å². The number of rotatable bonds is 3. The van der Waals surface area contributed by atoms with E-state index in [4.69, 9.17) is 23.2 Å². The number of nitrogens with zero attached hydrogens (tertiary/aromatic N) is 1. The molecule has 0 aliphatic heterocycles. The minimum atomic E-state index is -0.206. The van der Waals surface area contributed by atoms with E-state index >= 15 is 0 Å². The van der Waals surface area contributed by atoms with Gasteiger partial charge in [-0.1, -0.05) is 59.6 Å². The molecule has 2 aromatic carbocycles. The summed E-state index contributed by atoms with van der Waals surface area (Å²) in [6, 6.07) is 12.9. The van der Waals surface area contributed by atoms with Gasteiger partial charge in [0.25, 0.3) is 0 Å². The Kier molecular flexibility index (Phi) is 3.78. The van der Waals surface area contributed by atoms with Gasteiger partial charge in [-0.25, -0.2) is 4.98 Å². The molecule has 0 unspecified atom stereocenters. The van der Waals surface area contributed by atoms with Gasteiger partial charge >= 0.3 is 0 Å². The number of allylic oxidation sites excluding steroid dienone is 1. The summed E-state index contributed by atoms with van der Waals surface area (Å²) in [5, 5.41) is 0.834. The SMILES string of the molecule is O=C(/C=C/c1ccccc1)c1nc2cc(Cl)c(Cl)cc2[nH]1. The monoisotopic (exact) mass is 316 g/mol. The van der Waals surface area contributed by atoms with Gasteiger partial charge in [0.2, 0.25) is 5.78 Å². The fourth-order valence-electron chi connectivity index (χ4n) is 1.94. The number of imidazole rings is 1. The number of benzene rings is 2. The van der Waals surface area contributed by atoms with E-state index in [1.165, 1.54) is 6.08 Å². The van der Waals surface area contributed by atoms with Crippen LogP contribution in [0.4, 0.5) is 0 Å². The van der Waals surface area contributed by atoms with E-state index in [1.807, 2.05) is 30.3 Å². The summed E-state index contributed by atoms with van der Waals surface area (Å²) in [5.41, 5.74) is 2.25. The van der Waals surface area contributed by atoms with Crippen molar-refractivity contribution in [3.05, 3.63) is 70.0 Å². The van der Waals surface area contributed by atoms with E-state index in [0.29, 0.717) is 21.1 Å². The fraction of sp³-hybridized carbons (Fsp3) is 0. The van der Waals surface area contributed by atoms with Crippen LogP contribution >= 0.6 is 23.2 Å². The van der Waals surface area contributed by atoms with Crippen LogP contribution in [0.3, 0.4) is 0 Å². The zero-order valence-electron chi connectivity index (χ0n) is 10.8. The normalized spacial score (nSPS) is 11.3. The largest absolute Gasteiger partial charge is 0.335 e. The minimum Gasteiger partial charge on any atom is -0.335 e. The standard InChI is InChI=1S/C16H10Cl2N2O/c17-11-8-13-14(9-12(11)18)20-16(19-13)15(21)7-6-10-4-2-1-3-5-10/h1-9H,(H,19,20)/b7-6+. The lowest BCUT2D eigenvalue weighted by Crippen LogP contribution is -1.96. The predicted octanol–water partition coefficient (Wildman–Crippen LogP) is 4.77. The molecule has 0 saturated heterocycles. The molecule has 104 valence electrons. The molecule has 3 rings (SSSR count). The summed E-state index contributed by atoms with van der Waals surface area (Å²) in [6.07, 6.45) is 3.23. The highest BCUT2D eigenvalue weighted by atomic mass is 35.5. The Labute approximate surface area is 131 Å². The predicted molar refractivity (Wildman–Crippen MR) is 85.9 cm³/mol. The zero-order valence-corrected chi connectivity index (χ0v) is 12.3. The highest BCUT2D eigenvalue weighted by molar-refractivity contribution is 6.42. The smallest absolute Gasteiger partial charge is 0.221 e. The van der Waals surface area contributed by atoms with Crippen LogP contribution in [0.15, 0.2) is 48.5 Å². The number of hydrogen-bond donors (Lipinski definition) is 1. The highest BCUT2D eigenvalue weighted by Gasteiger charge is 2.10. The molecule has 1 aromatic heterocycles. The molecule has 0 bridgehead atoms. The van der Waals surface area contributed by atoms with Gasteiger partial charge < -0.3 is 4.98 Å². The van der Waals surface area contributed by atoms with Crippen molar-refractivity contribution in [2.75, 3.05) is 0 Å². The number of hydrogen-bond acceptors (Lipinski definition) is 2. The van der Waals surface area contributed by atoms with Crippen molar-refractivity contribution < 1.29 is 4.79 Å². The maximum atomic E-state index is 12.1. The Balaban J connectivity index is 1.90. The first-order chi connectivity index (χ1) is 10.1. The van der Waals surface area contributed by atoms with Crippen molar-refractivity contribution in [2.24, 2.45) is 0 Å². The first-order valence-electron chi connectivity index (χ1n) is 6.26. The lowest BCUT2D eigenvalue weighted by atomic mass is 10.2. The average Bonchev–Trinajstić information content (AvgIpc) is 2.89. The van der Waals surface area contributed by atoms with Crippen LogP contribution in [0.1, 0.15) is 16.2 Å². The molecular weight excluding hydrogens is 307 g/mol. The van der Waals surface area contributed by atoms with Crippen molar-refractivity contribution in [3.63, 3.8) is 0 Å². The molecule has 5 heteroatoms. The quantitative estimate of drug-likeness (QED) is 0.559. The molecule has 0 aliphatic carbocycles. The molecule has 21 heavy (non-hydrogen) atoms. The summed E-state index contributed by atoms with van der Waals surface area (Å²) in [7, 11) is 0. The Morgan fingerprint density at radius 1 is 1.10 bits per heavy atom. The maximum Gasteiger partial charge on any atom is 0.221 e. The summed E-state index contributed by atoms with van der Waals surface area (Å²) < 4.78 is 0. The molecule has 3 aromatic rings. The number of carbonyl (C=O) groups is 1.